The Labute approximate surface area is 186 Å². The number of likely N-dealkylation sites (tertiary alicyclic amines) is 2. The summed E-state index contributed by atoms with van der Waals surface area (Å²) in [6, 6.07) is 12.9. The van der Waals surface area contributed by atoms with Crippen molar-refractivity contribution in [1.29, 1.82) is 0 Å². The minimum Gasteiger partial charge on any atom is -0.425 e. The highest BCUT2D eigenvalue weighted by atomic mass is 16.4. The number of nitrogens with zero attached hydrogens (tertiary/aromatic N) is 5. The van der Waals surface area contributed by atoms with Gasteiger partial charge in [-0.25, -0.2) is 0 Å². The zero-order chi connectivity index (χ0) is 22.1. The molecule has 8 heteroatoms. The number of aromatic nitrogens is 3. The van der Waals surface area contributed by atoms with Crippen molar-refractivity contribution < 1.29 is 14.0 Å². The SMILES string of the molecule is Cc1nnc(C2CN(C(=O)c3cccnc3)CC23CCN(C(=O)c2ccccc2)CC3)o1. The van der Waals surface area contributed by atoms with Crippen LogP contribution < -0.4 is 0 Å². The number of rotatable bonds is 3. The van der Waals surface area contributed by atoms with Crippen molar-refractivity contribution in [3.05, 3.63) is 77.8 Å². The average molecular weight is 431 g/mol. The van der Waals surface area contributed by atoms with Crippen LogP contribution in [0.3, 0.4) is 0 Å². The van der Waals surface area contributed by atoms with E-state index in [2.05, 4.69) is 15.2 Å². The molecule has 2 fully saturated rings. The first-order valence-electron chi connectivity index (χ1n) is 10.9. The second-order valence-electron chi connectivity index (χ2n) is 8.66. The first-order chi connectivity index (χ1) is 15.6. The van der Waals surface area contributed by atoms with Gasteiger partial charge in [-0.15, -0.1) is 10.2 Å². The topological polar surface area (TPSA) is 92.4 Å². The van der Waals surface area contributed by atoms with Crippen molar-refractivity contribution in [1.82, 2.24) is 25.0 Å². The van der Waals surface area contributed by atoms with Crippen molar-refractivity contribution in [3.63, 3.8) is 0 Å². The van der Waals surface area contributed by atoms with Crippen molar-refractivity contribution in [2.45, 2.75) is 25.7 Å². The van der Waals surface area contributed by atoms with Gasteiger partial charge in [0.1, 0.15) is 0 Å². The molecule has 0 aliphatic carbocycles. The average Bonchev–Trinajstić information content (AvgIpc) is 3.43. The Morgan fingerprint density at radius 3 is 2.34 bits per heavy atom. The molecule has 0 N–H and O–H groups in total. The van der Waals surface area contributed by atoms with E-state index in [0.717, 1.165) is 12.8 Å². The molecule has 4 heterocycles. The second-order valence-corrected chi connectivity index (χ2v) is 8.66. The van der Waals surface area contributed by atoms with Gasteiger partial charge in [-0.1, -0.05) is 18.2 Å². The van der Waals surface area contributed by atoms with Gasteiger partial charge in [0, 0.05) is 56.5 Å². The first kappa shape index (κ1) is 20.4. The molecule has 0 bridgehead atoms. The quantitative estimate of drug-likeness (QED) is 0.633. The summed E-state index contributed by atoms with van der Waals surface area (Å²) >= 11 is 0. The lowest BCUT2D eigenvalue weighted by Gasteiger charge is -2.41. The van der Waals surface area contributed by atoms with Crippen molar-refractivity contribution in [2.24, 2.45) is 5.41 Å². The summed E-state index contributed by atoms with van der Waals surface area (Å²) < 4.78 is 5.82. The molecule has 0 radical (unpaired) electrons. The first-order valence-corrected chi connectivity index (χ1v) is 10.9. The van der Waals surface area contributed by atoms with E-state index in [0.29, 0.717) is 49.1 Å². The van der Waals surface area contributed by atoms with Crippen LogP contribution in [-0.2, 0) is 0 Å². The maximum absolute atomic E-state index is 13.2. The summed E-state index contributed by atoms with van der Waals surface area (Å²) in [6.07, 6.45) is 4.80. The highest BCUT2D eigenvalue weighted by molar-refractivity contribution is 5.95. The number of hydrogen-bond acceptors (Lipinski definition) is 6. The van der Waals surface area contributed by atoms with Gasteiger partial charge in [-0.3, -0.25) is 14.6 Å². The van der Waals surface area contributed by atoms with Crippen LogP contribution in [0, 0.1) is 12.3 Å². The van der Waals surface area contributed by atoms with Gasteiger partial charge in [0.25, 0.3) is 11.8 Å². The predicted octanol–water partition coefficient (Wildman–Crippen LogP) is 2.94. The van der Waals surface area contributed by atoms with E-state index in [-0.39, 0.29) is 23.1 Å². The Bertz CT molecular complexity index is 1110. The van der Waals surface area contributed by atoms with Crippen LogP contribution in [0.1, 0.15) is 51.3 Å². The number of piperidine rings is 1. The minimum absolute atomic E-state index is 0.0426. The molecule has 1 spiro atoms. The van der Waals surface area contributed by atoms with Gasteiger partial charge in [-0.2, -0.15) is 0 Å². The minimum atomic E-state index is -0.204. The third-order valence-corrected chi connectivity index (χ3v) is 6.75. The van der Waals surface area contributed by atoms with Crippen LogP contribution in [0.25, 0.3) is 0 Å². The molecule has 1 unspecified atom stereocenters. The van der Waals surface area contributed by atoms with Crippen molar-refractivity contribution >= 4 is 11.8 Å². The summed E-state index contributed by atoms with van der Waals surface area (Å²) in [7, 11) is 0. The molecule has 1 aromatic carbocycles. The molecule has 5 rings (SSSR count). The van der Waals surface area contributed by atoms with Gasteiger partial charge < -0.3 is 14.2 Å². The summed E-state index contributed by atoms with van der Waals surface area (Å²) in [5.74, 6) is 1.04. The fourth-order valence-corrected chi connectivity index (χ4v) is 5.01. The van der Waals surface area contributed by atoms with Crippen LogP contribution >= 0.6 is 0 Å². The van der Waals surface area contributed by atoms with E-state index in [1.165, 1.54) is 0 Å². The van der Waals surface area contributed by atoms with Gasteiger partial charge >= 0.3 is 0 Å². The Balaban J connectivity index is 1.38. The molecule has 32 heavy (non-hydrogen) atoms. The summed E-state index contributed by atoms with van der Waals surface area (Å²) in [5, 5.41) is 8.32. The number of carbonyl (C=O) groups excluding carboxylic acids is 2. The number of amides is 2. The fraction of sp³-hybridized carbons (Fsp3) is 0.375. The lowest BCUT2D eigenvalue weighted by molar-refractivity contribution is 0.0529. The molecule has 2 saturated heterocycles. The van der Waals surface area contributed by atoms with E-state index >= 15 is 0 Å². The van der Waals surface area contributed by atoms with Crippen LogP contribution in [0.5, 0.6) is 0 Å². The molecule has 3 aromatic rings. The zero-order valence-electron chi connectivity index (χ0n) is 18.0. The van der Waals surface area contributed by atoms with Gasteiger partial charge in [0.05, 0.1) is 11.5 Å². The Hall–Kier alpha value is -3.55. The lowest BCUT2D eigenvalue weighted by Crippen LogP contribution is -2.46. The third kappa shape index (κ3) is 3.66. The second kappa shape index (κ2) is 8.18. The van der Waals surface area contributed by atoms with Crippen molar-refractivity contribution in [3.8, 4) is 0 Å². The van der Waals surface area contributed by atoms with Crippen LogP contribution in [0.2, 0.25) is 0 Å². The molecule has 1 atom stereocenters. The lowest BCUT2D eigenvalue weighted by atomic mass is 9.70. The normalized spacial score (nSPS) is 20.0. The molecular formula is C24H25N5O3. The fourth-order valence-electron chi connectivity index (χ4n) is 5.01. The molecule has 2 aliphatic heterocycles. The smallest absolute Gasteiger partial charge is 0.255 e. The number of aryl methyl sites for hydroxylation is 1. The summed E-state index contributed by atoms with van der Waals surface area (Å²) in [4.78, 5) is 34.0. The van der Waals surface area contributed by atoms with Crippen molar-refractivity contribution in [2.75, 3.05) is 26.2 Å². The molecule has 2 amide bonds. The third-order valence-electron chi connectivity index (χ3n) is 6.75. The van der Waals surface area contributed by atoms with E-state index in [1.807, 2.05) is 40.1 Å². The number of benzene rings is 1. The molecule has 164 valence electrons. The highest BCUT2D eigenvalue weighted by Gasteiger charge is 2.52. The Kier molecular flexibility index (Phi) is 5.20. The van der Waals surface area contributed by atoms with Gasteiger partial charge in [-0.05, 0) is 37.1 Å². The largest absolute Gasteiger partial charge is 0.425 e. The van der Waals surface area contributed by atoms with Gasteiger partial charge in [0.15, 0.2) is 0 Å². The monoisotopic (exact) mass is 431 g/mol. The highest BCUT2D eigenvalue weighted by Crippen LogP contribution is 2.49. The molecular weight excluding hydrogens is 406 g/mol. The van der Waals surface area contributed by atoms with Crippen LogP contribution in [0.4, 0.5) is 0 Å². The van der Waals surface area contributed by atoms with E-state index in [9.17, 15) is 9.59 Å². The predicted molar refractivity (Wildman–Crippen MR) is 116 cm³/mol. The molecule has 0 saturated carbocycles. The zero-order valence-corrected chi connectivity index (χ0v) is 18.0. The standard InChI is InChI=1S/C24H25N5O3/c1-17-26-27-21(32-17)20-15-29(23(31)19-8-5-11-25-14-19)16-24(20)9-12-28(13-10-24)22(30)18-6-3-2-4-7-18/h2-8,11,14,20H,9-10,12-13,15-16H2,1H3. The molecule has 2 aromatic heterocycles. The van der Waals surface area contributed by atoms with Crippen LogP contribution in [0.15, 0.2) is 59.3 Å². The molecule has 8 nitrogen and oxygen atoms in total. The maximum Gasteiger partial charge on any atom is 0.255 e. The van der Waals surface area contributed by atoms with E-state index < -0.39 is 0 Å². The van der Waals surface area contributed by atoms with Crippen LogP contribution in [-0.4, -0.2) is 63.0 Å². The van der Waals surface area contributed by atoms with E-state index in [1.54, 1.807) is 31.5 Å². The Morgan fingerprint density at radius 2 is 1.69 bits per heavy atom. The summed E-state index contributed by atoms with van der Waals surface area (Å²) in [6.45, 7) is 4.15. The molecule has 2 aliphatic rings. The van der Waals surface area contributed by atoms with Gasteiger partial charge in [0.2, 0.25) is 11.8 Å². The number of carbonyl (C=O) groups is 2. The maximum atomic E-state index is 13.2. The summed E-state index contributed by atoms with van der Waals surface area (Å²) in [5.41, 5.74) is 1.07. The van der Waals surface area contributed by atoms with E-state index in [4.69, 9.17) is 4.42 Å². The Morgan fingerprint density at radius 1 is 0.969 bits per heavy atom. The number of pyridine rings is 1. The number of hydrogen-bond donors (Lipinski definition) is 0.